The van der Waals surface area contributed by atoms with E-state index < -0.39 is 0 Å². The summed E-state index contributed by atoms with van der Waals surface area (Å²) >= 11 is 5.71. The molecule has 5 heteroatoms. The highest BCUT2D eigenvalue weighted by Crippen LogP contribution is 2.24. The minimum Gasteiger partial charge on any atom is -0.372 e. The molecular weight excluding hydrogens is 393 g/mol. The zero-order valence-electron chi connectivity index (χ0n) is 9.46. The maximum atomic E-state index is 4.51. The van der Waals surface area contributed by atoms with Gasteiger partial charge in [0.25, 0.3) is 0 Å². The van der Waals surface area contributed by atoms with Crippen molar-refractivity contribution in [3.8, 4) is 11.4 Å². The first-order valence-electron chi connectivity index (χ1n) is 5.09. The molecule has 0 spiro atoms. The average molecular weight is 404 g/mol. The van der Waals surface area contributed by atoms with Crippen LogP contribution in [0.25, 0.3) is 11.4 Å². The first kappa shape index (κ1) is 12.8. The molecule has 0 saturated carbocycles. The maximum absolute atomic E-state index is 4.51. The van der Waals surface area contributed by atoms with Gasteiger partial charge in [0, 0.05) is 17.1 Å². The van der Waals surface area contributed by atoms with E-state index in [0.717, 1.165) is 30.9 Å². The highest BCUT2D eigenvalue weighted by Gasteiger charge is 2.09. The van der Waals surface area contributed by atoms with E-state index in [9.17, 15) is 0 Å². The Morgan fingerprint density at radius 3 is 2.71 bits per heavy atom. The van der Waals surface area contributed by atoms with E-state index in [2.05, 4.69) is 53.8 Å². The van der Waals surface area contributed by atoms with E-state index in [0.29, 0.717) is 0 Å². The minimum absolute atomic E-state index is 0.744. The number of aryl methyl sites for hydroxylation is 1. The van der Waals surface area contributed by atoms with Gasteiger partial charge < -0.3 is 5.32 Å². The number of halogens is 2. The molecule has 3 nitrogen and oxygen atoms in total. The summed E-state index contributed by atoms with van der Waals surface area (Å²) < 4.78 is 2.09. The molecule has 1 heterocycles. The van der Waals surface area contributed by atoms with Crippen molar-refractivity contribution in [2.24, 2.45) is 0 Å². The summed E-state index contributed by atoms with van der Waals surface area (Å²) in [7, 11) is 1.87. The lowest BCUT2D eigenvalue weighted by molar-refractivity contribution is 1.09. The Balaban J connectivity index is 2.56. The Bertz CT molecular complexity index is 557. The molecule has 1 N–H and O–H groups in total. The molecule has 88 valence electrons. The van der Waals surface area contributed by atoms with E-state index in [4.69, 9.17) is 0 Å². The summed E-state index contributed by atoms with van der Waals surface area (Å²) in [6, 6.07) is 7.99. The third kappa shape index (κ3) is 2.77. The van der Waals surface area contributed by atoms with Crippen LogP contribution in [0.15, 0.2) is 28.7 Å². The monoisotopic (exact) mass is 403 g/mol. The number of hydrogen-bond donors (Lipinski definition) is 1. The molecule has 2 aromatic rings. The summed E-state index contributed by atoms with van der Waals surface area (Å²) in [5.74, 6) is 1.61. The molecule has 0 aliphatic carbocycles. The summed E-state index contributed by atoms with van der Waals surface area (Å²) in [4.78, 5) is 9.03. The van der Waals surface area contributed by atoms with Gasteiger partial charge >= 0.3 is 0 Å². The molecule has 0 radical (unpaired) electrons. The van der Waals surface area contributed by atoms with E-state index in [1.807, 2.05) is 38.2 Å². The first-order chi connectivity index (χ1) is 8.11. The zero-order valence-corrected chi connectivity index (χ0v) is 13.2. The van der Waals surface area contributed by atoms with Gasteiger partial charge in [-0.05, 0) is 41.6 Å². The Labute approximate surface area is 122 Å². The fourth-order valence-electron chi connectivity index (χ4n) is 1.48. The van der Waals surface area contributed by atoms with Gasteiger partial charge in [-0.3, -0.25) is 0 Å². The summed E-state index contributed by atoms with van der Waals surface area (Å²) in [6.07, 6.45) is 0. The molecule has 0 aliphatic rings. The SMILES string of the molecule is CNc1nc(-c2cccc(Br)c2)nc(C)c1I. The van der Waals surface area contributed by atoms with E-state index in [-0.39, 0.29) is 0 Å². The van der Waals surface area contributed by atoms with Crippen molar-refractivity contribution < 1.29 is 0 Å². The quantitative estimate of drug-likeness (QED) is 0.773. The lowest BCUT2D eigenvalue weighted by atomic mass is 10.2. The van der Waals surface area contributed by atoms with Crippen molar-refractivity contribution in [2.45, 2.75) is 6.92 Å². The van der Waals surface area contributed by atoms with E-state index >= 15 is 0 Å². The van der Waals surface area contributed by atoms with Crippen LogP contribution in [0.3, 0.4) is 0 Å². The van der Waals surface area contributed by atoms with Gasteiger partial charge in [0.2, 0.25) is 0 Å². The van der Waals surface area contributed by atoms with Crippen LogP contribution in [0.4, 0.5) is 5.82 Å². The fourth-order valence-corrected chi connectivity index (χ4v) is 2.39. The number of nitrogens with one attached hydrogen (secondary N) is 1. The number of rotatable bonds is 2. The smallest absolute Gasteiger partial charge is 0.161 e. The third-order valence-corrected chi connectivity index (χ3v) is 4.12. The van der Waals surface area contributed by atoms with Crippen molar-refractivity contribution in [1.29, 1.82) is 0 Å². The lowest BCUT2D eigenvalue weighted by Crippen LogP contribution is -2.02. The summed E-state index contributed by atoms with van der Waals surface area (Å²) in [5, 5.41) is 3.09. The predicted octanol–water partition coefficient (Wildman–Crippen LogP) is 3.86. The number of hydrogen-bond acceptors (Lipinski definition) is 3. The maximum Gasteiger partial charge on any atom is 0.161 e. The highest BCUT2D eigenvalue weighted by atomic mass is 127. The van der Waals surface area contributed by atoms with Gasteiger partial charge in [0.05, 0.1) is 9.26 Å². The van der Waals surface area contributed by atoms with Crippen LogP contribution < -0.4 is 5.32 Å². The van der Waals surface area contributed by atoms with Gasteiger partial charge in [-0.15, -0.1) is 0 Å². The second-order valence-corrected chi connectivity index (χ2v) is 5.55. The first-order valence-corrected chi connectivity index (χ1v) is 6.97. The third-order valence-electron chi connectivity index (χ3n) is 2.34. The molecule has 0 fully saturated rings. The van der Waals surface area contributed by atoms with E-state index in [1.165, 1.54) is 0 Å². The second kappa shape index (κ2) is 5.30. The van der Waals surface area contributed by atoms with Gasteiger partial charge in [0.15, 0.2) is 5.82 Å². The molecule has 0 saturated heterocycles. The fraction of sp³-hybridized carbons (Fsp3) is 0.167. The van der Waals surface area contributed by atoms with Crippen LogP contribution in [0.2, 0.25) is 0 Å². The van der Waals surface area contributed by atoms with Crippen molar-refractivity contribution in [3.05, 3.63) is 38.0 Å². The zero-order chi connectivity index (χ0) is 12.4. The Morgan fingerprint density at radius 1 is 1.29 bits per heavy atom. The molecule has 0 unspecified atom stereocenters. The van der Waals surface area contributed by atoms with Crippen LogP contribution in [-0.4, -0.2) is 17.0 Å². The molecule has 0 atom stereocenters. The average Bonchev–Trinajstić information content (AvgIpc) is 2.32. The molecule has 0 amide bonds. The van der Waals surface area contributed by atoms with Crippen molar-refractivity contribution >= 4 is 44.3 Å². The topological polar surface area (TPSA) is 37.8 Å². The Hall–Kier alpha value is -0.690. The lowest BCUT2D eigenvalue weighted by Gasteiger charge is -2.08. The van der Waals surface area contributed by atoms with Crippen LogP contribution >= 0.6 is 38.5 Å². The summed E-state index contributed by atoms with van der Waals surface area (Å²) in [6.45, 7) is 1.99. The molecule has 2 rings (SSSR count). The number of aromatic nitrogens is 2. The number of anilines is 1. The number of benzene rings is 1. The van der Waals surface area contributed by atoms with Crippen molar-refractivity contribution in [2.75, 3.05) is 12.4 Å². The Morgan fingerprint density at radius 2 is 2.06 bits per heavy atom. The largest absolute Gasteiger partial charge is 0.372 e. The standard InChI is InChI=1S/C12H11BrIN3/c1-7-10(14)12(15-2)17-11(16-7)8-4-3-5-9(13)6-8/h3-6H,1-2H3,(H,15,16,17). The molecule has 17 heavy (non-hydrogen) atoms. The normalized spacial score (nSPS) is 10.4. The van der Waals surface area contributed by atoms with Gasteiger partial charge in [-0.2, -0.15) is 0 Å². The molecule has 0 bridgehead atoms. The molecule has 1 aromatic carbocycles. The second-order valence-electron chi connectivity index (χ2n) is 3.56. The minimum atomic E-state index is 0.744. The van der Waals surface area contributed by atoms with Gasteiger partial charge in [-0.25, -0.2) is 9.97 Å². The van der Waals surface area contributed by atoms with E-state index in [1.54, 1.807) is 0 Å². The van der Waals surface area contributed by atoms with Crippen LogP contribution in [0.5, 0.6) is 0 Å². The van der Waals surface area contributed by atoms with Gasteiger partial charge in [0.1, 0.15) is 5.82 Å². The van der Waals surface area contributed by atoms with Gasteiger partial charge in [-0.1, -0.05) is 28.1 Å². The number of nitrogens with zero attached hydrogens (tertiary/aromatic N) is 2. The predicted molar refractivity (Wildman–Crippen MR) is 82.2 cm³/mol. The van der Waals surface area contributed by atoms with Crippen LogP contribution in [0, 0.1) is 10.5 Å². The summed E-state index contributed by atoms with van der Waals surface area (Å²) in [5.41, 5.74) is 2.00. The highest BCUT2D eigenvalue weighted by molar-refractivity contribution is 14.1. The Kier molecular flexibility index (Phi) is 3.98. The molecule has 0 aliphatic heterocycles. The molecular formula is C12H11BrIN3. The molecule has 1 aromatic heterocycles. The van der Waals surface area contributed by atoms with Crippen molar-refractivity contribution in [3.63, 3.8) is 0 Å². The van der Waals surface area contributed by atoms with Crippen molar-refractivity contribution in [1.82, 2.24) is 9.97 Å². The van der Waals surface area contributed by atoms with Crippen LogP contribution in [0.1, 0.15) is 5.69 Å². The van der Waals surface area contributed by atoms with Crippen LogP contribution in [-0.2, 0) is 0 Å².